The molecule has 3 aliphatic heterocycles. The highest BCUT2D eigenvalue weighted by Gasteiger charge is 2.58. The fourth-order valence-electron chi connectivity index (χ4n) is 5.16. The van der Waals surface area contributed by atoms with Crippen LogP contribution >= 0.6 is 11.8 Å². The lowest BCUT2D eigenvalue weighted by molar-refractivity contribution is -0.384. The van der Waals surface area contributed by atoms with Gasteiger partial charge < -0.3 is 19.3 Å². The van der Waals surface area contributed by atoms with Crippen LogP contribution in [-0.2, 0) is 11.3 Å². The van der Waals surface area contributed by atoms with Gasteiger partial charge in [0.2, 0.25) is 5.72 Å². The number of fused-ring (bicyclic) bond motifs is 7. The largest absolute Gasteiger partial charge is 0.497 e. The summed E-state index contributed by atoms with van der Waals surface area (Å²) in [6.07, 6.45) is 0. The number of amides is 1. The number of nitrogens with zero attached hydrogens (tertiary/aromatic N) is 3. The number of carbonyl (C=O) groups is 1. The van der Waals surface area contributed by atoms with Gasteiger partial charge in [-0.15, -0.1) is 0 Å². The average molecular weight is 534 g/mol. The Kier molecular flexibility index (Phi) is 6.05. The Bertz CT molecular complexity index is 1460. The second kappa shape index (κ2) is 9.43. The molecule has 0 saturated heterocycles. The third kappa shape index (κ3) is 3.90. The Labute approximate surface area is 222 Å². The molecule has 3 aromatic carbocycles. The minimum atomic E-state index is -1.28. The highest BCUT2D eigenvalue weighted by molar-refractivity contribution is 8.14. The number of hydrogen-bond acceptors (Lipinski definition) is 9. The first-order valence-electron chi connectivity index (χ1n) is 11.9. The van der Waals surface area contributed by atoms with Crippen LogP contribution in [0, 0.1) is 16.0 Å². The topological polar surface area (TPSA) is 124 Å². The molecule has 3 aromatic rings. The van der Waals surface area contributed by atoms with Gasteiger partial charge in [0.1, 0.15) is 18.1 Å². The van der Waals surface area contributed by atoms with E-state index >= 15 is 0 Å². The quantitative estimate of drug-likeness (QED) is 0.354. The number of amidine groups is 1. The van der Waals surface area contributed by atoms with E-state index in [0.717, 1.165) is 16.9 Å². The van der Waals surface area contributed by atoms with Crippen LogP contribution in [0.2, 0.25) is 0 Å². The van der Waals surface area contributed by atoms with Gasteiger partial charge in [-0.1, -0.05) is 42.1 Å². The Morgan fingerprint density at radius 2 is 1.97 bits per heavy atom. The van der Waals surface area contributed by atoms with Crippen LogP contribution in [0.1, 0.15) is 27.5 Å². The molecule has 1 N–H and O–H groups in total. The number of carbonyl (C=O) groups excluding carboxylic acids is 1. The van der Waals surface area contributed by atoms with Crippen LogP contribution in [0.4, 0.5) is 5.69 Å². The predicted octanol–water partition coefficient (Wildman–Crippen LogP) is 4.18. The summed E-state index contributed by atoms with van der Waals surface area (Å²) < 4.78 is 17.8. The normalized spacial score (nSPS) is 22.9. The number of aliphatic hydroxyl groups excluding tert-OH is 1. The second-order valence-corrected chi connectivity index (χ2v) is 10.2. The number of aliphatic imine (C=N–C) groups is 1. The number of nitro benzene ring substituents is 1. The van der Waals surface area contributed by atoms with Crippen molar-refractivity contribution in [3.8, 4) is 11.5 Å². The maximum atomic E-state index is 13.8. The number of aliphatic hydroxyl groups is 1. The molecule has 0 spiro atoms. The summed E-state index contributed by atoms with van der Waals surface area (Å²) in [6.45, 7) is -0.00107. The Morgan fingerprint density at radius 3 is 2.71 bits per heavy atom. The molecule has 0 saturated carbocycles. The standard InChI is InChI=1S/C27H23N3O7S/c1-35-18-9-6-16(7-10-18)14-36-15-27-21(13-31)24(19-4-2-3-5-22(19)37-27)29-25(32)20-12-17(30(33)34)8-11-23(20)38-26(29)28-27/h2-12,21,24,31H,13-15H2,1H3/t21-,24-,27+/m1/s1. The third-order valence-electron chi connectivity index (χ3n) is 7.01. The number of nitro groups is 1. The van der Waals surface area contributed by atoms with E-state index in [1.165, 1.54) is 28.8 Å². The van der Waals surface area contributed by atoms with Gasteiger partial charge in [-0.2, -0.15) is 0 Å². The molecule has 6 rings (SSSR count). The molecule has 0 radical (unpaired) electrons. The number of thioether (sulfide) groups is 1. The van der Waals surface area contributed by atoms with Crippen molar-refractivity contribution in [2.24, 2.45) is 10.9 Å². The lowest BCUT2D eigenvalue weighted by atomic mass is 9.80. The number of para-hydroxylation sites is 1. The minimum absolute atomic E-state index is 0.0360. The Balaban J connectivity index is 1.40. The van der Waals surface area contributed by atoms with E-state index in [9.17, 15) is 20.0 Å². The minimum Gasteiger partial charge on any atom is -0.497 e. The number of methoxy groups -OCH3 is 1. The molecule has 38 heavy (non-hydrogen) atoms. The number of rotatable bonds is 7. The molecule has 11 heteroatoms. The fourth-order valence-corrected chi connectivity index (χ4v) is 6.24. The molecule has 0 unspecified atom stereocenters. The van der Waals surface area contributed by atoms with Crippen molar-refractivity contribution in [3.05, 3.63) is 93.5 Å². The molecule has 194 valence electrons. The van der Waals surface area contributed by atoms with Gasteiger partial charge in [-0.3, -0.25) is 19.8 Å². The zero-order chi connectivity index (χ0) is 26.4. The van der Waals surface area contributed by atoms with Gasteiger partial charge in [0.15, 0.2) is 5.17 Å². The van der Waals surface area contributed by atoms with Gasteiger partial charge in [0.05, 0.1) is 42.8 Å². The SMILES string of the molecule is COc1ccc(COC[C@]23N=C4Sc5ccc([N+](=O)[O-])cc5C(=O)N4[C@H](c4ccccc4O2)[C@H]3CO)cc1. The van der Waals surface area contributed by atoms with E-state index in [-0.39, 0.29) is 31.1 Å². The van der Waals surface area contributed by atoms with Gasteiger partial charge >= 0.3 is 0 Å². The lowest BCUT2D eigenvalue weighted by Crippen LogP contribution is -2.62. The first-order valence-corrected chi connectivity index (χ1v) is 12.7. The van der Waals surface area contributed by atoms with Crippen LogP contribution in [0.25, 0.3) is 0 Å². The van der Waals surface area contributed by atoms with Gasteiger partial charge in [0.25, 0.3) is 11.6 Å². The molecular weight excluding hydrogens is 510 g/mol. The predicted molar refractivity (Wildman–Crippen MR) is 138 cm³/mol. The van der Waals surface area contributed by atoms with E-state index in [4.69, 9.17) is 19.2 Å². The van der Waals surface area contributed by atoms with Crippen molar-refractivity contribution in [1.29, 1.82) is 0 Å². The van der Waals surface area contributed by atoms with Crippen molar-refractivity contribution in [1.82, 2.24) is 4.90 Å². The molecule has 1 amide bonds. The fraction of sp³-hybridized carbons (Fsp3) is 0.259. The zero-order valence-corrected chi connectivity index (χ0v) is 21.1. The van der Waals surface area contributed by atoms with Crippen LogP contribution in [0.5, 0.6) is 11.5 Å². The summed E-state index contributed by atoms with van der Waals surface area (Å²) in [6, 6.07) is 18.5. The monoisotopic (exact) mass is 533 g/mol. The molecule has 0 fully saturated rings. The van der Waals surface area contributed by atoms with E-state index in [2.05, 4.69) is 0 Å². The first-order chi connectivity index (χ1) is 18.4. The van der Waals surface area contributed by atoms with E-state index in [1.807, 2.05) is 42.5 Å². The number of hydrogen-bond donors (Lipinski definition) is 1. The molecule has 0 aliphatic carbocycles. The van der Waals surface area contributed by atoms with Crippen molar-refractivity contribution in [2.45, 2.75) is 23.3 Å². The summed E-state index contributed by atoms with van der Waals surface area (Å²) in [5.74, 6) is 0.239. The van der Waals surface area contributed by atoms with Crippen molar-refractivity contribution >= 4 is 28.5 Å². The van der Waals surface area contributed by atoms with Crippen molar-refractivity contribution in [2.75, 3.05) is 20.3 Å². The zero-order valence-electron chi connectivity index (χ0n) is 20.3. The molecule has 0 aromatic heterocycles. The summed E-state index contributed by atoms with van der Waals surface area (Å²) >= 11 is 1.24. The van der Waals surface area contributed by atoms with Crippen LogP contribution in [0.15, 0.2) is 76.6 Å². The second-order valence-electron chi connectivity index (χ2n) is 9.17. The lowest BCUT2D eigenvalue weighted by Gasteiger charge is -2.53. The average Bonchev–Trinajstić information content (AvgIpc) is 2.92. The highest BCUT2D eigenvalue weighted by atomic mass is 32.2. The van der Waals surface area contributed by atoms with Crippen LogP contribution in [-0.4, -0.2) is 52.1 Å². The third-order valence-corrected chi connectivity index (χ3v) is 8.06. The van der Waals surface area contributed by atoms with E-state index in [0.29, 0.717) is 15.8 Å². The van der Waals surface area contributed by atoms with Gasteiger partial charge in [-0.25, -0.2) is 4.99 Å². The van der Waals surface area contributed by atoms with Crippen LogP contribution in [0.3, 0.4) is 0 Å². The Hall–Kier alpha value is -3.93. The summed E-state index contributed by atoms with van der Waals surface area (Å²) in [4.78, 5) is 31.6. The summed E-state index contributed by atoms with van der Waals surface area (Å²) in [7, 11) is 1.60. The molecular formula is C27H23N3O7S. The number of benzene rings is 3. The molecule has 2 bridgehead atoms. The molecule has 3 aliphatic rings. The van der Waals surface area contributed by atoms with E-state index in [1.54, 1.807) is 19.2 Å². The van der Waals surface area contributed by atoms with E-state index < -0.39 is 28.5 Å². The molecule has 3 heterocycles. The Morgan fingerprint density at radius 1 is 1.18 bits per heavy atom. The number of ether oxygens (including phenoxy) is 3. The first kappa shape index (κ1) is 24.4. The summed E-state index contributed by atoms with van der Waals surface area (Å²) in [5, 5.41) is 22.4. The number of non-ortho nitro benzene ring substituents is 1. The molecule has 10 nitrogen and oxygen atoms in total. The molecule has 3 atom stereocenters. The summed E-state index contributed by atoms with van der Waals surface area (Å²) in [5.41, 5.74) is 0.442. The van der Waals surface area contributed by atoms with Crippen molar-refractivity contribution < 1.29 is 29.0 Å². The van der Waals surface area contributed by atoms with Gasteiger partial charge in [-0.05, 0) is 29.8 Å². The smallest absolute Gasteiger partial charge is 0.270 e. The maximum Gasteiger partial charge on any atom is 0.270 e. The maximum absolute atomic E-state index is 13.8. The van der Waals surface area contributed by atoms with Crippen molar-refractivity contribution in [3.63, 3.8) is 0 Å². The highest BCUT2D eigenvalue weighted by Crippen LogP contribution is 2.54. The van der Waals surface area contributed by atoms with Gasteiger partial charge in [0, 0.05) is 22.6 Å². The van der Waals surface area contributed by atoms with Crippen LogP contribution < -0.4 is 9.47 Å².